The van der Waals surface area contributed by atoms with Crippen LogP contribution in [-0.4, -0.2) is 22.8 Å². The third-order valence-electron chi connectivity index (χ3n) is 3.31. The molecule has 0 N–H and O–H groups in total. The molecule has 0 amide bonds. The van der Waals surface area contributed by atoms with E-state index in [9.17, 15) is 19.7 Å². The number of nitro benzene ring substituents is 1. The van der Waals surface area contributed by atoms with E-state index in [2.05, 4.69) is 0 Å². The summed E-state index contributed by atoms with van der Waals surface area (Å²) in [4.78, 5) is 34.0. The Morgan fingerprint density at radius 2 is 1.72 bits per heavy atom. The molecule has 128 valence electrons. The molecule has 0 aromatic heterocycles. The van der Waals surface area contributed by atoms with E-state index < -0.39 is 17.0 Å². The molecule has 0 aliphatic carbocycles. The normalized spacial score (nSPS) is 11.9. The maximum absolute atomic E-state index is 12.2. The predicted octanol–water partition coefficient (Wildman–Crippen LogP) is 4.08. The SMILES string of the molecule is C[C@@H](OC(=O)/C=C/c1ccc([N+](=O)[O-])cc1)C(=O)c1ccc(Cl)cc1. The van der Waals surface area contributed by atoms with Crippen LogP contribution < -0.4 is 0 Å². The average molecular weight is 360 g/mol. The highest BCUT2D eigenvalue weighted by molar-refractivity contribution is 6.30. The van der Waals surface area contributed by atoms with E-state index in [1.165, 1.54) is 37.3 Å². The number of hydrogen-bond acceptors (Lipinski definition) is 5. The minimum atomic E-state index is -0.949. The summed E-state index contributed by atoms with van der Waals surface area (Å²) in [6, 6.07) is 11.9. The van der Waals surface area contributed by atoms with E-state index in [-0.39, 0.29) is 11.5 Å². The van der Waals surface area contributed by atoms with Crippen LogP contribution >= 0.6 is 11.6 Å². The molecule has 0 aliphatic heterocycles. The number of hydrogen-bond donors (Lipinski definition) is 0. The van der Waals surface area contributed by atoms with Crippen LogP contribution in [0.2, 0.25) is 5.02 Å². The number of Topliss-reactive ketones (excluding diaryl/α,β-unsaturated/α-hetero) is 1. The van der Waals surface area contributed by atoms with Crippen molar-refractivity contribution in [3.8, 4) is 0 Å². The largest absolute Gasteiger partial charge is 0.451 e. The quantitative estimate of drug-likeness (QED) is 0.255. The first-order chi connectivity index (χ1) is 11.9. The number of carbonyl (C=O) groups is 2. The van der Waals surface area contributed by atoms with Gasteiger partial charge in [-0.15, -0.1) is 0 Å². The molecule has 0 radical (unpaired) electrons. The van der Waals surface area contributed by atoms with Crippen LogP contribution in [0, 0.1) is 10.1 Å². The molecule has 0 saturated heterocycles. The van der Waals surface area contributed by atoms with Crippen LogP contribution in [0.5, 0.6) is 0 Å². The van der Waals surface area contributed by atoms with E-state index in [1.54, 1.807) is 24.3 Å². The lowest BCUT2D eigenvalue weighted by Gasteiger charge is -2.10. The number of ether oxygens (including phenoxy) is 1. The molecule has 6 nitrogen and oxygen atoms in total. The summed E-state index contributed by atoms with van der Waals surface area (Å²) in [6.45, 7) is 1.48. The van der Waals surface area contributed by atoms with Gasteiger partial charge in [0, 0.05) is 28.8 Å². The fourth-order valence-corrected chi connectivity index (χ4v) is 2.11. The van der Waals surface area contributed by atoms with Gasteiger partial charge in [-0.1, -0.05) is 11.6 Å². The standard InChI is InChI=1S/C18H14ClNO5/c1-12(18(22)14-5-7-15(19)8-6-14)25-17(21)11-4-13-2-9-16(10-3-13)20(23)24/h2-12H,1H3/b11-4+/t12-/m1/s1. The van der Waals surface area contributed by atoms with E-state index in [1.807, 2.05) is 0 Å². The zero-order valence-electron chi connectivity index (χ0n) is 13.2. The highest BCUT2D eigenvalue weighted by Crippen LogP contribution is 2.14. The highest BCUT2D eigenvalue weighted by Gasteiger charge is 2.18. The van der Waals surface area contributed by atoms with Gasteiger partial charge in [-0.3, -0.25) is 14.9 Å². The Labute approximate surface area is 148 Å². The number of esters is 1. The van der Waals surface area contributed by atoms with Gasteiger partial charge < -0.3 is 4.74 Å². The summed E-state index contributed by atoms with van der Waals surface area (Å²) in [7, 11) is 0. The monoisotopic (exact) mass is 359 g/mol. The molecular weight excluding hydrogens is 346 g/mol. The van der Waals surface area contributed by atoms with Crippen molar-refractivity contribution in [2.45, 2.75) is 13.0 Å². The van der Waals surface area contributed by atoms with Crippen LogP contribution in [0.3, 0.4) is 0 Å². The molecule has 2 aromatic rings. The Kier molecular flexibility index (Phi) is 6.03. The minimum absolute atomic E-state index is 0.0399. The zero-order chi connectivity index (χ0) is 18.4. The molecule has 2 aromatic carbocycles. The molecule has 2 rings (SSSR count). The van der Waals surface area contributed by atoms with Gasteiger partial charge in [0.25, 0.3) is 5.69 Å². The first kappa shape index (κ1) is 18.4. The highest BCUT2D eigenvalue weighted by atomic mass is 35.5. The van der Waals surface area contributed by atoms with Crippen molar-refractivity contribution in [3.63, 3.8) is 0 Å². The van der Waals surface area contributed by atoms with Gasteiger partial charge in [0.2, 0.25) is 5.78 Å². The molecule has 0 aliphatic rings. The fourth-order valence-electron chi connectivity index (χ4n) is 1.99. The van der Waals surface area contributed by atoms with Gasteiger partial charge in [-0.25, -0.2) is 4.79 Å². The molecule has 0 heterocycles. The van der Waals surface area contributed by atoms with Crippen molar-refractivity contribution in [3.05, 3.63) is 80.9 Å². The summed E-state index contributed by atoms with van der Waals surface area (Å²) in [5, 5.41) is 11.1. The number of nitro groups is 1. The number of nitrogens with zero attached hydrogens (tertiary/aromatic N) is 1. The number of non-ortho nitro benzene ring substituents is 1. The van der Waals surface area contributed by atoms with Crippen molar-refractivity contribution in [1.29, 1.82) is 0 Å². The van der Waals surface area contributed by atoms with Crippen LogP contribution in [0.1, 0.15) is 22.8 Å². The summed E-state index contributed by atoms with van der Waals surface area (Å²) in [5.41, 5.74) is 0.949. The van der Waals surface area contributed by atoms with Gasteiger partial charge in [0.15, 0.2) is 6.10 Å². The van der Waals surface area contributed by atoms with E-state index in [4.69, 9.17) is 16.3 Å². The zero-order valence-corrected chi connectivity index (χ0v) is 14.0. The predicted molar refractivity (Wildman–Crippen MR) is 93.5 cm³/mol. The Morgan fingerprint density at radius 1 is 1.12 bits per heavy atom. The van der Waals surface area contributed by atoms with Crippen molar-refractivity contribution in [2.75, 3.05) is 0 Å². The van der Waals surface area contributed by atoms with Gasteiger partial charge in [-0.2, -0.15) is 0 Å². The van der Waals surface area contributed by atoms with Crippen molar-refractivity contribution in [2.24, 2.45) is 0 Å². The minimum Gasteiger partial charge on any atom is -0.451 e. The molecule has 7 heteroatoms. The third kappa shape index (κ3) is 5.26. The second-order valence-corrected chi connectivity index (χ2v) is 5.57. The molecule has 0 spiro atoms. The number of rotatable bonds is 6. The summed E-state index contributed by atoms with van der Waals surface area (Å²) >= 11 is 5.76. The lowest BCUT2D eigenvalue weighted by molar-refractivity contribution is -0.384. The molecule has 1 atom stereocenters. The molecular formula is C18H14ClNO5. The Morgan fingerprint density at radius 3 is 2.28 bits per heavy atom. The smallest absolute Gasteiger partial charge is 0.331 e. The van der Waals surface area contributed by atoms with Crippen LogP contribution in [0.15, 0.2) is 54.6 Å². The van der Waals surface area contributed by atoms with Gasteiger partial charge in [0.1, 0.15) is 0 Å². The maximum Gasteiger partial charge on any atom is 0.331 e. The summed E-state index contributed by atoms with van der Waals surface area (Å²) in [5.74, 6) is -1.03. The number of ketones is 1. The Balaban J connectivity index is 1.95. The van der Waals surface area contributed by atoms with Crippen molar-refractivity contribution >= 4 is 35.1 Å². The Hall–Kier alpha value is -2.99. The topological polar surface area (TPSA) is 86.5 Å². The molecule has 0 fully saturated rings. The van der Waals surface area contributed by atoms with E-state index in [0.717, 1.165) is 6.08 Å². The van der Waals surface area contributed by atoms with Gasteiger partial charge in [-0.05, 0) is 55.0 Å². The summed E-state index contributed by atoms with van der Waals surface area (Å²) < 4.78 is 5.06. The van der Waals surface area contributed by atoms with Crippen LogP contribution in [0.25, 0.3) is 6.08 Å². The number of halogens is 1. The maximum atomic E-state index is 12.2. The second-order valence-electron chi connectivity index (χ2n) is 5.13. The van der Waals surface area contributed by atoms with E-state index >= 15 is 0 Å². The molecule has 25 heavy (non-hydrogen) atoms. The van der Waals surface area contributed by atoms with Crippen LogP contribution in [-0.2, 0) is 9.53 Å². The molecule has 0 saturated carbocycles. The first-order valence-electron chi connectivity index (χ1n) is 7.30. The second kappa shape index (κ2) is 8.21. The first-order valence-corrected chi connectivity index (χ1v) is 7.67. The molecule has 0 unspecified atom stereocenters. The average Bonchev–Trinajstić information content (AvgIpc) is 2.60. The number of benzene rings is 2. The lowest BCUT2D eigenvalue weighted by Crippen LogP contribution is -2.23. The van der Waals surface area contributed by atoms with Gasteiger partial charge >= 0.3 is 5.97 Å². The summed E-state index contributed by atoms with van der Waals surface area (Å²) in [6.07, 6.45) is 1.66. The van der Waals surface area contributed by atoms with E-state index in [0.29, 0.717) is 16.1 Å². The van der Waals surface area contributed by atoms with Crippen LogP contribution in [0.4, 0.5) is 5.69 Å². The van der Waals surface area contributed by atoms with Crippen molar-refractivity contribution < 1.29 is 19.2 Å². The van der Waals surface area contributed by atoms with Crippen molar-refractivity contribution in [1.82, 2.24) is 0 Å². The van der Waals surface area contributed by atoms with Gasteiger partial charge in [0.05, 0.1) is 4.92 Å². The molecule has 0 bridgehead atoms. The Bertz CT molecular complexity index is 812. The lowest BCUT2D eigenvalue weighted by atomic mass is 10.1. The number of carbonyl (C=O) groups excluding carboxylic acids is 2. The third-order valence-corrected chi connectivity index (χ3v) is 3.56. The fraction of sp³-hybridized carbons (Fsp3) is 0.111.